The highest BCUT2D eigenvalue weighted by Crippen LogP contribution is 2.66. The summed E-state index contributed by atoms with van der Waals surface area (Å²) in [6.45, 7) is 2.66. The monoisotopic (exact) mass is 498 g/mol. The van der Waals surface area contributed by atoms with E-state index in [9.17, 15) is 15.0 Å². The van der Waals surface area contributed by atoms with E-state index in [1.54, 1.807) is 6.07 Å². The van der Waals surface area contributed by atoms with Crippen LogP contribution in [0, 0.1) is 5.92 Å². The van der Waals surface area contributed by atoms with Crippen molar-refractivity contribution >= 4 is 12.0 Å². The molecule has 3 aliphatic heterocycles. The highest BCUT2D eigenvalue weighted by Gasteiger charge is 2.73. The quantitative estimate of drug-likeness (QED) is 0.630. The minimum absolute atomic E-state index is 0.0553. The SMILES string of the molecule is O=C1/C(=C/c2ccccc2)CCN1[C@@H]1CCC2(O)[C@H]3Cc4ccc(O)c5c4[C@@]2(CCN3CC2CC2)[C@H]1O5. The fourth-order valence-electron chi connectivity index (χ4n) is 8.61. The van der Waals surface area contributed by atoms with Crippen molar-refractivity contribution in [1.82, 2.24) is 9.80 Å². The molecule has 4 fully saturated rings. The number of hydrogen-bond acceptors (Lipinski definition) is 5. The van der Waals surface area contributed by atoms with Crippen LogP contribution in [-0.4, -0.2) is 69.3 Å². The summed E-state index contributed by atoms with van der Waals surface area (Å²) in [7, 11) is 0. The Hall–Kier alpha value is -2.83. The maximum absolute atomic E-state index is 13.7. The lowest BCUT2D eigenvalue weighted by atomic mass is 9.48. The molecule has 2 bridgehead atoms. The van der Waals surface area contributed by atoms with E-state index in [1.165, 1.54) is 18.4 Å². The van der Waals surface area contributed by atoms with Crippen LogP contribution in [0.3, 0.4) is 0 Å². The van der Waals surface area contributed by atoms with E-state index < -0.39 is 11.0 Å². The predicted molar refractivity (Wildman–Crippen MR) is 139 cm³/mol. The van der Waals surface area contributed by atoms with E-state index in [0.29, 0.717) is 25.1 Å². The first-order valence-electron chi connectivity index (χ1n) is 14.0. The Morgan fingerprint density at radius 1 is 1.05 bits per heavy atom. The molecule has 192 valence electrons. The van der Waals surface area contributed by atoms with E-state index in [0.717, 1.165) is 55.0 Å². The van der Waals surface area contributed by atoms with Crippen molar-refractivity contribution in [3.8, 4) is 11.5 Å². The zero-order valence-corrected chi connectivity index (χ0v) is 21.1. The Balaban J connectivity index is 1.19. The summed E-state index contributed by atoms with van der Waals surface area (Å²) < 4.78 is 6.69. The molecule has 3 aliphatic carbocycles. The van der Waals surface area contributed by atoms with E-state index in [1.807, 2.05) is 47.4 Å². The molecular formula is C31H34N2O4. The molecule has 8 rings (SSSR count). The van der Waals surface area contributed by atoms with Crippen molar-refractivity contribution < 1.29 is 19.7 Å². The summed E-state index contributed by atoms with van der Waals surface area (Å²) in [5, 5.41) is 23.5. The molecule has 3 heterocycles. The highest BCUT2D eigenvalue weighted by molar-refractivity contribution is 6.00. The highest BCUT2D eigenvalue weighted by atomic mass is 16.5. The number of likely N-dealkylation sites (tertiary alicyclic amines) is 2. The Morgan fingerprint density at radius 3 is 2.70 bits per heavy atom. The van der Waals surface area contributed by atoms with E-state index in [2.05, 4.69) is 4.90 Å². The van der Waals surface area contributed by atoms with Crippen molar-refractivity contribution in [3.63, 3.8) is 0 Å². The van der Waals surface area contributed by atoms with Gasteiger partial charge in [0.2, 0.25) is 5.91 Å². The summed E-state index contributed by atoms with van der Waals surface area (Å²) in [4.78, 5) is 18.3. The number of aliphatic hydroxyl groups is 1. The Kier molecular flexibility index (Phi) is 4.56. The number of carbonyl (C=O) groups is 1. The molecule has 2 saturated heterocycles. The molecule has 2 aromatic rings. The number of amides is 1. The number of hydrogen-bond donors (Lipinski definition) is 2. The number of phenolic OH excluding ortho intramolecular Hbond substituents is 1. The lowest BCUT2D eigenvalue weighted by molar-refractivity contribution is -0.200. The van der Waals surface area contributed by atoms with Gasteiger partial charge in [-0.05, 0) is 80.7 Å². The van der Waals surface area contributed by atoms with Gasteiger partial charge >= 0.3 is 0 Å². The van der Waals surface area contributed by atoms with Crippen molar-refractivity contribution in [2.24, 2.45) is 5.92 Å². The van der Waals surface area contributed by atoms with Gasteiger partial charge in [0.05, 0.1) is 17.1 Å². The summed E-state index contributed by atoms with van der Waals surface area (Å²) in [6.07, 6.45) is 7.93. The van der Waals surface area contributed by atoms with Crippen LogP contribution >= 0.6 is 0 Å². The standard InChI is InChI=1S/C31H34N2O4/c34-24-9-8-21-17-25-31(36)12-10-23(33-14-11-22(29(33)35)16-19-4-2-1-3-5-19)28-30(31,26(21)27(24)37-28)13-15-32(25)18-20-6-7-20/h1-5,8-9,16,20,23,25,28,34,36H,6-7,10-15,17-18H2/b22-16+/t23-,25-,28+,30+,31?/m1/s1. The predicted octanol–water partition coefficient (Wildman–Crippen LogP) is 3.64. The second-order valence-corrected chi connectivity index (χ2v) is 12.2. The van der Waals surface area contributed by atoms with Crippen LogP contribution in [0.5, 0.6) is 11.5 Å². The maximum atomic E-state index is 13.7. The Bertz CT molecular complexity index is 1320. The summed E-state index contributed by atoms with van der Waals surface area (Å²) >= 11 is 0. The first-order chi connectivity index (χ1) is 18.0. The molecule has 2 aromatic carbocycles. The van der Waals surface area contributed by atoms with Gasteiger partial charge in [-0.15, -0.1) is 0 Å². The van der Waals surface area contributed by atoms with Gasteiger partial charge in [-0.3, -0.25) is 9.69 Å². The fraction of sp³-hybridized carbons (Fsp3) is 0.516. The average Bonchev–Trinajstić information content (AvgIpc) is 3.55. The van der Waals surface area contributed by atoms with Gasteiger partial charge in [0.25, 0.3) is 0 Å². The number of piperidine rings is 1. The van der Waals surface area contributed by atoms with Crippen molar-refractivity contribution in [3.05, 3.63) is 64.7 Å². The molecule has 0 radical (unpaired) electrons. The molecule has 5 atom stereocenters. The molecule has 2 N–H and O–H groups in total. The number of aromatic hydroxyl groups is 1. The van der Waals surface area contributed by atoms with Gasteiger partial charge in [0.1, 0.15) is 6.10 Å². The van der Waals surface area contributed by atoms with Gasteiger partial charge < -0.3 is 19.8 Å². The number of benzene rings is 2. The third-order valence-corrected chi connectivity index (χ3v) is 10.4. The minimum atomic E-state index is -0.918. The van der Waals surface area contributed by atoms with Crippen molar-refractivity contribution in [1.29, 1.82) is 0 Å². The number of nitrogens with zero attached hydrogens (tertiary/aromatic N) is 2. The third kappa shape index (κ3) is 2.91. The summed E-state index contributed by atoms with van der Waals surface area (Å²) in [5.74, 6) is 1.55. The molecule has 6 heteroatoms. The molecule has 1 unspecified atom stereocenters. The van der Waals surface area contributed by atoms with Crippen LogP contribution in [0.4, 0.5) is 0 Å². The third-order valence-electron chi connectivity index (χ3n) is 10.4. The first-order valence-corrected chi connectivity index (χ1v) is 14.0. The lowest BCUT2D eigenvalue weighted by Gasteiger charge is -2.64. The second kappa shape index (κ2) is 7.61. The fourth-order valence-corrected chi connectivity index (χ4v) is 8.61. The summed E-state index contributed by atoms with van der Waals surface area (Å²) in [5.41, 5.74) is 2.60. The molecule has 6 nitrogen and oxygen atoms in total. The molecule has 0 aromatic heterocycles. The molecule has 1 amide bonds. The van der Waals surface area contributed by atoms with E-state index in [-0.39, 0.29) is 29.8 Å². The first kappa shape index (κ1) is 22.2. The number of carbonyl (C=O) groups excluding carboxylic acids is 1. The Labute approximate surface area is 217 Å². The van der Waals surface area contributed by atoms with Crippen LogP contribution in [-0.2, 0) is 16.6 Å². The van der Waals surface area contributed by atoms with Gasteiger partial charge in [-0.25, -0.2) is 0 Å². The largest absolute Gasteiger partial charge is 0.504 e. The van der Waals surface area contributed by atoms with Gasteiger partial charge in [-0.1, -0.05) is 36.4 Å². The second-order valence-electron chi connectivity index (χ2n) is 12.2. The lowest BCUT2D eigenvalue weighted by Crippen LogP contribution is -2.78. The van der Waals surface area contributed by atoms with E-state index >= 15 is 0 Å². The van der Waals surface area contributed by atoms with Crippen molar-refractivity contribution in [2.75, 3.05) is 19.6 Å². The van der Waals surface area contributed by atoms with E-state index in [4.69, 9.17) is 4.74 Å². The summed E-state index contributed by atoms with van der Waals surface area (Å²) in [6, 6.07) is 13.8. The molecule has 6 aliphatic rings. The molecule has 37 heavy (non-hydrogen) atoms. The smallest absolute Gasteiger partial charge is 0.250 e. The molecule has 1 spiro atoms. The molecular weight excluding hydrogens is 464 g/mol. The van der Waals surface area contributed by atoms with Crippen LogP contribution < -0.4 is 4.74 Å². The van der Waals surface area contributed by atoms with Crippen molar-refractivity contribution in [2.45, 2.75) is 74.1 Å². The number of ether oxygens (including phenoxy) is 1. The van der Waals surface area contributed by atoms with Gasteiger partial charge in [0.15, 0.2) is 11.5 Å². The van der Waals surface area contributed by atoms with Crippen LogP contribution in [0.25, 0.3) is 6.08 Å². The van der Waals surface area contributed by atoms with Crippen LogP contribution in [0.1, 0.15) is 55.2 Å². The van der Waals surface area contributed by atoms with Crippen LogP contribution in [0.15, 0.2) is 48.0 Å². The zero-order chi connectivity index (χ0) is 24.9. The zero-order valence-electron chi connectivity index (χ0n) is 21.1. The Morgan fingerprint density at radius 2 is 1.89 bits per heavy atom. The van der Waals surface area contributed by atoms with Gasteiger partial charge in [-0.2, -0.15) is 0 Å². The van der Waals surface area contributed by atoms with Gasteiger partial charge in [0, 0.05) is 30.3 Å². The number of rotatable bonds is 4. The normalized spacial score (nSPS) is 37.1. The van der Waals surface area contributed by atoms with Crippen LogP contribution in [0.2, 0.25) is 0 Å². The minimum Gasteiger partial charge on any atom is -0.504 e. The molecule has 2 saturated carbocycles. The average molecular weight is 499 g/mol. The maximum Gasteiger partial charge on any atom is 0.250 e. The topological polar surface area (TPSA) is 73.2 Å². The number of phenols is 1.